The lowest BCUT2D eigenvalue weighted by Crippen LogP contribution is -2.49. The summed E-state index contributed by atoms with van der Waals surface area (Å²) in [5, 5.41) is 38.3. The van der Waals surface area contributed by atoms with Crippen LogP contribution in [0.4, 0.5) is 5.82 Å². The number of aryl methyl sites for hydroxylation is 2. The van der Waals surface area contributed by atoms with Crippen molar-refractivity contribution in [1.29, 1.82) is 0 Å². The van der Waals surface area contributed by atoms with Crippen molar-refractivity contribution in [3.8, 4) is 23.3 Å². The number of methoxy groups -OCH3 is 1. The maximum absolute atomic E-state index is 14.2. The van der Waals surface area contributed by atoms with Crippen molar-refractivity contribution in [3.05, 3.63) is 88.6 Å². The van der Waals surface area contributed by atoms with Crippen LogP contribution >= 0.6 is 0 Å². The zero-order valence-corrected chi connectivity index (χ0v) is 34.9. The van der Waals surface area contributed by atoms with E-state index in [2.05, 4.69) is 53.4 Å². The number of benzene rings is 2. The van der Waals surface area contributed by atoms with Gasteiger partial charge in [-0.3, -0.25) is 9.59 Å². The fraction of sp³-hybridized carbons (Fsp3) is 0.540. The minimum atomic E-state index is -1.15. The summed E-state index contributed by atoms with van der Waals surface area (Å²) in [5.41, 5.74) is 9.96. The molecule has 2 heterocycles. The minimum Gasteiger partial charge on any atom is -0.504 e. The SMILES string of the molecule is CCc1cnc(N)cc1[C@H](/C=C/c1ccccc1)C[C@H](O)CC[C@H]1C#C[C@@]2(CC[C@@H](CC[C@@H]3CN[C@@H]4CC(=O)CC[C@@H]4C3)C[C@H]2O)C(=O)CCc2cc(OC)c(O)cc21. The van der Waals surface area contributed by atoms with E-state index in [-0.39, 0.29) is 29.8 Å². The van der Waals surface area contributed by atoms with E-state index in [1.807, 2.05) is 36.5 Å². The maximum atomic E-state index is 14.2. The Kier molecular flexibility index (Phi) is 13.9. The average molecular weight is 802 g/mol. The van der Waals surface area contributed by atoms with Crippen LogP contribution in [0.1, 0.15) is 130 Å². The molecule has 59 heavy (non-hydrogen) atoms. The van der Waals surface area contributed by atoms with Gasteiger partial charge in [0.2, 0.25) is 0 Å². The number of phenols is 1. The van der Waals surface area contributed by atoms with Crippen molar-refractivity contribution in [3.63, 3.8) is 0 Å². The number of phenolic OH excluding ortho intramolecular Hbond substituents is 1. The number of ether oxygens (including phenoxy) is 1. The highest BCUT2D eigenvalue weighted by molar-refractivity contribution is 5.89. The van der Waals surface area contributed by atoms with E-state index >= 15 is 0 Å². The smallest absolute Gasteiger partial charge is 0.160 e. The van der Waals surface area contributed by atoms with Crippen LogP contribution in [0.5, 0.6) is 11.5 Å². The summed E-state index contributed by atoms with van der Waals surface area (Å²) in [6, 6.07) is 15.9. The molecule has 9 nitrogen and oxygen atoms in total. The summed E-state index contributed by atoms with van der Waals surface area (Å²) in [6.07, 6.45) is 14.8. The number of nitrogens with one attached hydrogen (secondary N) is 1. The number of carbonyl (C=O) groups excluding carboxylic acids is 2. The third-order valence-corrected chi connectivity index (χ3v) is 14.0. The number of pyridine rings is 1. The van der Waals surface area contributed by atoms with Gasteiger partial charge < -0.3 is 31.1 Å². The van der Waals surface area contributed by atoms with E-state index in [0.717, 1.165) is 72.9 Å². The molecule has 1 aromatic heterocycles. The number of hydrogen-bond donors (Lipinski definition) is 5. The van der Waals surface area contributed by atoms with Crippen molar-refractivity contribution >= 4 is 23.5 Å². The van der Waals surface area contributed by atoms with Crippen molar-refractivity contribution in [2.24, 2.45) is 23.2 Å². The molecule has 0 amide bonds. The molecule has 0 unspecified atom stereocenters. The number of nitrogen functional groups attached to an aromatic ring is 1. The van der Waals surface area contributed by atoms with Gasteiger partial charge in [-0.1, -0.05) is 67.7 Å². The quantitative estimate of drug-likeness (QED) is 0.109. The second-order valence-electron chi connectivity index (χ2n) is 17.8. The lowest BCUT2D eigenvalue weighted by molar-refractivity contribution is -0.134. The van der Waals surface area contributed by atoms with E-state index in [4.69, 9.17) is 10.5 Å². The second-order valence-corrected chi connectivity index (χ2v) is 17.8. The predicted octanol–water partition coefficient (Wildman–Crippen LogP) is 7.85. The van der Waals surface area contributed by atoms with E-state index in [0.29, 0.717) is 92.5 Å². The highest BCUT2D eigenvalue weighted by Crippen LogP contribution is 2.45. The molecule has 9 heteroatoms. The van der Waals surface area contributed by atoms with Crippen LogP contribution in [0.25, 0.3) is 6.08 Å². The van der Waals surface area contributed by atoms with Gasteiger partial charge in [0, 0.05) is 43.3 Å². The fourth-order valence-electron chi connectivity index (χ4n) is 10.5. The van der Waals surface area contributed by atoms with Gasteiger partial charge in [0.15, 0.2) is 17.3 Å². The van der Waals surface area contributed by atoms with Gasteiger partial charge in [0.25, 0.3) is 0 Å². The molecule has 2 aromatic carbocycles. The number of carbonyl (C=O) groups is 2. The van der Waals surface area contributed by atoms with Gasteiger partial charge in [0.05, 0.1) is 19.3 Å². The Morgan fingerprint density at radius 2 is 1.86 bits per heavy atom. The summed E-state index contributed by atoms with van der Waals surface area (Å²) in [7, 11) is 1.52. The van der Waals surface area contributed by atoms with Crippen LogP contribution in [0.15, 0.2) is 60.8 Å². The average Bonchev–Trinajstić information content (AvgIpc) is 3.29. The summed E-state index contributed by atoms with van der Waals surface area (Å²) in [5.74, 6) is 9.00. The number of aliphatic hydroxyl groups is 2. The highest BCUT2D eigenvalue weighted by atomic mass is 16.5. The standard InChI is InChI=1S/C50H63N3O6/c1-3-35-31-53-49(51)29-43(35)37(12-11-32-7-5-4-6-8-32)25-40(54)16-13-36-20-22-50(47(57)18-15-38-26-46(59-2)45(56)28-42(36)38)21-19-33(24-48(50)58)9-10-34-23-39-14-17-41(55)27-44(39)52-30-34/h4-8,11-12,26,28-29,31,33-34,36-37,39-40,44,48,52,54,56,58H,3,9-10,13-19,21,23-25,27,30H2,1-2H3,(H2,51,53)/b12-11+/t33-,34+,36+,37-,39-,40-,44-,48-,50+/m1/s1. The van der Waals surface area contributed by atoms with Crippen molar-refractivity contribution < 1.29 is 29.6 Å². The van der Waals surface area contributed by atoms with E-state index in [1.54, 1.807) is 6.07 Å². The molecule has 3 aromatic rings. The molecule has 7 rings (SSSR count). The Hall–Kier alpha value is -4.49. The first-order valence-electron chi connectivity index (χ1n) is 22.1. The molecule has 4 aliphatic rings. The number of fused-ring (bicyclic) bond motifs is 2. The zero-order valence-electron chi connectivity index (χ0n) is 34.9. The number of Topliss-reactive ketones (excluding diaryl/α,β-unsaturated/α-hetero) is 2. The zero-order chi connectivity index (χ0) is 41.5. The van der Waals surface area contributed by atoms with Crippen LogP contribution in [-0.2, 0) is 22.4 Å². The number of nitrogens with two attached hydrogens (primary N) is 1. The van der Waals surface area contributed by atoms with Gasteiger partial charge in [-0.05, 0) is 141 Å². The van der Waals surface area contributed by atoms with Gasteiger partial charge >= 0.3 is 0 Å². The molecule has 2 saturated carbocycles. The fourth-order valence-corrected chi connectivity index (χ4v) is 10.5. The number of aromatic hydroxyl groups is 1. The molecule has 0 bridgehead atoms. The first-order chi connectivity index (χ1) is 28.5. The lowest BCUT2D eigenvalue weighted by atomic mass is 9.64. The molecular formula is C50H63N3O6. The third-order valence-electron chi connectivity index (χ3n) is 14.0. The number of ketones is 2. The first kappa shape index (κ1) is 42.6. The number of nitrogens with zero attached hydrogens (tertiary/aromatic N) is 1. The lowest BCUT2D eigenvalue weighted by Gasteiger charge is -2.42. The van der Waals surface area contributed by atoms with Gasteiger partial charge in [-0.2, -0.15) is 0 Å². The van der Waals surface area contributed by atoms with Crippen molar-refractivity contribution in [2.75, 3.05) is 19.4 Å². The molecule has 0 radical (unpaired) electrons. The number of anilines is 1. The molecule has 6 N–H and O–H groups in total. The molecule has 314 valence electrons. The van der Waals surface area contributed by atoms with Crippen LogP contribution < -0.4 is 15.8 Å². The summed E-state index contributed by atoms with van der Waals surface area (Å²) in [4.78, 5) is 30.6. The van der Waals surface area contributed by atoms with E-state index < -0.39 is 17.6 Å². The Balaban J connectivity index is 1.08. The van der Waals surface area contributed by atoms with E-state index in [1.165, 1.54) is 7.11 Å². The normalized spacial score (nSPS) is 28.1. The van der Waals surface area contributed by atoms with Crippen LogP contribution in [0.3, 0.4) is 0 Å². The second kappa shape index (κ2) is 19.3. The Morgan fingerprint density at radius 1 is 1.05 bits per heavy atom. The van der Waals surface area contributed by atoms with Crippen LogP contribution in [0, 0.1) is 35.0 Å². The number of hydrogen-bond acceptors (Lipinski definition) is 9. The molecule has 3 fully saturated rings. The topological polar surface area (TPSA) is 155 Å². The van der Waals surface area contributed by atoms with Crippen LogP contribution in [-0.4, -0.2) is 63.8 Å². The van der Waals surface area contributed by atoms with Crippen molar-refractivity contribution in [2.45, 2.75) is 133 Å². The first-order valence-corrected chi connectivity index (χ1v) is 22.1. The largest absolute Gasteiger partial charge is 0.504 e. The number of piperidine rings is 1. The molecule has 1 spiro atoms. The number of allylic oxidation sites excluding steroid dienone is 1. The number of aliphatic hydroxyl groups excluding tert-OH is 2. The van der Waals surface area contributed by atoms with Gasteiger partial charge in [-0.25, -0.2) is 4.98 Å². The van der Waals surface area contributed by atoms with Gasteiger partial charge in [-0.15, -0.1) is 0 Å². The monoisotopic (exact) mass is 801 g/mol. The molecule has 3 aliphatic carbocycles. The van der Waals surface area contributed by atoms with Crippen LogP contribution in [0.2, 0.25) is 0 Å². The van der Waals surface area contributed by atoms with E-state index in [9.17, 15) is 24.9 Å². The van der Waals surface area contributed by atoms with Crippen molar-refractivity contribution in [1.82, 2.24) is 10.3 Å². The number of rotatable bonds is 13. The minimum absolute atomic E-state index is 0.00794. The molecule has 9 atom stereocenters. The number of aromatic nitrogens is 1. The Labute approximate surface area is 350 Å². The highest BCUT2D eigenvalue weighted by Gasteiger charge is 2.47. The predicted molar refractivity (Wildman–Crippen MR) is 232 cm³/mol. The summed E-state index contributed by atoms with van der Waals surface area (Å²) < 4.78 is 5.49. The Bertz CT molecular complexity index is 2040. The molecule has 1 aliphatic heterocycles. The van der Waals surface area contributed by atoms with Gasteiger partial charge in [0.1, 0.15) is 17.0 Å². The maximum Gasteiger partial charge on any atom is 0.160 e. The molecular weight excluding hydrogens is 739 g/mol. The Morgan fingerprint density at radius 3 is 2.64 bits per heavy atom. The summed E-state index contributed by atoms with van der Waals surface area (Å²) in [6.45, 7) is 3.03. The molecule has 1 saturated heterocycles. The summed E-state index contributed by atoms with van der Waals surface area (Å²) >= 11 is 0. The third kappa shape index (κ3) is 10.1.